The van der Waals surface area contributed by atoms with E-state index in [9.17, 15) is 4.79 Å². The number of carbonyl (C=O) groups excluding carboxylic acids is 1. The minimum atomic E-state index is -0.332. The highest BCUT2D eigenvalue weighted by molar-refractivity contribution is 6.02. The van der Waals surface area contributed by atoms with Crippen LogP contribution in [-0.2, 0) is 0 Å². The van der Waals surface area contributed by atoms with Gasteiger partial charge in [-0.15, -0.1) is 0 Å². The van der Waals surface area contributed by atoms with Crippen molar-refractivity contribution in [3.63, 3.8) is 0 Å². The van der Waals surface area contributed by atoms with Crippen molar-refractivity contribution >= 4 is 11.6 Å². The van der Waals surface area contributed by atoms with E-state index in [4.69, 9.17) is 10.2 Å². The minimum Gasteiger partial charge on any atom is -0.446 e. The molecule has 0 saturated carbocycles. The minimum absolute atomic E-state index is 0.230. The zero-order valence-corrected chi connectivity index (χ0v) is 12.6. The van der Waals surface area contributed by atoms with Gasteiger partial charge in [0.2, 0.25) is 5.89 Å². The second-order valence-electron chi connectivity index (χ2n) is 5.25. The van der Waals surface area contributed by atoms with Gasteiger partial charge in [0.1, 0.15) is 6.26 Å². The van der Waals surface area contributed by atoms with E-state index in [0.717, 1.165) is 12.1 Å². The number of rotatable bonds is 5. The van der Waals surface area contributed by atoms with Gasteiger partial charge in [-0.3, -0.25) is 4.79 Å². The summed E-state index contributed by atoms with van der Waals surface area (Å²) in [6.07, 6.45) is 2.41. The van der Waals surface area contributed by atoms with Crippen LogP contribution in [0.1, 0.15) is 61.1 Å². The van der Waals surface area contributed by atoms with Gasteiger partial charge in [0.05, 0.1) is 6.04 Å². The van der Waals surface area contributed by atoms with Crippen LogP contribution in [0, 0.1) is 0 Å². The third-order valence-corrected chi connectivity index (χ3v) is 3.49. The molecule has 2 unspecified atom stereocenters. The number of amides is 1. The maximum atomic E-state index is 12.1. The molecule has 0 fully saturated rings. The lowest BCUT2D eigenvalue weighted by Crippen LogP contribution is -2.13. The van der Waals surface area contributed by atoms with E-state index in [0.29, 0.717) is 11.8 Å². The summed E-state index contributed by atoms with van der Waals surface area (Å²) in [6, 6.07) is 7.51. The van der Waals surface area contributed by atoms with Crippen LogP contribution >= 0.6 is 0 Å². The number of nitrogens with zero attached hydrogens (tertiary/aromatic N) is 1. The van der Waals surface area contributed by atoms with E-state index < -0.39 is 0 Å². The lowest BCUT2D eigenvalue weighted by atomic mass is 9.99. The summed E-state index contributed by atoms with van der Waals surface area (Å²) in [5, 5.41) is 2.79. The number of aromatic nitrogens is 1. The molecule has 0 bridgehead atoms. The van der Waals surface area contributed by atoms with Crippen LogP contribution in [0.15, 0.2) is 34.9 Å². The summed E-state index contributed by atoms with van der Waals surface area (Å²) in [5.41, 5.74) is 7.87. The van der Waals surface area contributed by atoms with E-state index in [2.05, 4.69) is 24.1 Å². The van der Waals surface area contributed by atoms with Crippen molar-refractivity contribution in [1.82, 2.24) is 4.98 Å². The van der Waals surface area contributed by atoms with Gasteiger partial charge in [-0.05, 0) is 37.0 Å². The Balaban J connectivity index is 2.05. The number of nitrogens with one attached hydrogen (secondary N) is 1. The lowest BCUT2D eigenvalue weighted by Gasteiger charge is -2.10. The van der Waals surface area contributed by atoms with Gasteiger partial charge in [-0.2, -0.15) is 0 Å². The molecule has 1 aromatic carbocycles. The van der Waals surface area contributed by atoms with Gasteiger partial charge < -0.3 is 15.5 Å². The Morgan fingerprint density at radius 1 is 1.33 bits per heavy atom. The van der Waals surface area contributed by atoms with Crippen molar-refractivity contribution in [3.05, 3.63) is 47.7 Å². The molecule has 112 valence electrons. The molecule has 2 rings (SSSR count). The molecule has 2 atom stereocenters. The molecular formula is C16H21N3O2. The van der Waals surface area contributed by atoms with Crippen molar-refractivity contribution in [3.8, 4) is 0 Å². The molecular weight excluding hydrogens is 266 g/mol. The first-order valence-corrected chi connectivity index (χ1v) is 7.13. The average Bonchev–Trinajstić information content (AvgIpc) is 2.97. The van der Waals surface area contributed by atoms with E-state index >= 15 is 0 Å². The lowest BCUT2D eigenvalue weighted by molar-refractivity contribution is 0.102. The van der Waals surface area contributed by atoms with Crippen LogP contribution in [0.4, 0.5) is 5.69 Å². The van der Waals surface area contributed by atoms with Crippen molar-refractivity contribution in [2.75, 3.05) is 5.32 Å². The molecule has 0 spiro atoms. The Bertz CT molecular complexity index is 602. The van der Waals surface area contributed by atoms with Crippen LogP contribution < -0.4 is 11.1 Å². The molecule has 0 aliphatic rings. The Labute approximate surface area is 124 Å². The number of hydrogen-bond acceptors (Lipinski definition) is 4. The highest BCUT2D eigenvalue weighted by Crippen LogP contribution is 2.20. The second kappa shape index (κ2) is 6.54. The van der Waals surface area contributed by atoms with Gasteiger partial charge in [-0.1, -0.05) is 26.0 Å². The van der Waals surface area contributed by atoms with Crippen molar-refractivity contribution in [2.45, 2.75) is 39.2 Å². The van der Waals surface area contributed by atoms with E-state index in [1.54, 1.807) is 6.92 Å². The van der Waals surface area contributed by atoms with Gasteiger partial charge in [0, 0.05) is 5.69 Å². The molecule has 0 saturated heterocycles. The first-order chi connectivity index (χ1) is 10.0. The summed E-state index contributed by atoms with van der Waals surface area (Å²) < 4.78 is 5.15. The number of nitrogens with two attached hydrogens (primary N) is 1. The third kappa shape index (κ3) is 3.70. The summed E-state index contributed by atoms with van der Waals surface area (Å²) in [7, 11) is 0. The fraction of sp³-hybridized carbons (Fsp3) is 0.375. The van der Waals surface area contributed by atoms with Crippen molar-refractivity contribution in [1.29, 1.82) is 0 Å². The molecule has 1 amide bonds. The Morgan fingerprint density at radius 3 is 2.52 bits per heavy atom. The number of benzene rings is 1. The maximum Gasteiger partial charge on any atom is 0.277 e. The first kappa shape index (κ1) is 15.3. The zero-order chi connectivity index (χ0) is 15.4. The maximum absolute atomic E-state index is 12.1. The highest BCUT2D eigenvalue weighted by atomic mass is 16.3. The van der Waals surface area contributed by atoms with Crippen LogP contribution in [0.5, 0.6) is 0 Å². The van der Waals surface area contributed by atoms with Crippen LogP contribution in [0.3, 0.4) is 0 Å². The topological polar surface area (TPSA) is 81.2 Å². The number of hydrogen-bond donors (Lipinski definition) is 2. The zero-order valence-electron chi connectivity index (χ0n) is 12.6. The average molecular weight is 287 g/mol. The standard InChI is InChI=1S/C16H21N3O2/c1-4-10(2)12-5-7-13(8-6-12)18-15(20)14-9-21-16(19-14)11(3)17/h5-11H,4,17H2,1-3H3,(H,18,20). The Hall–Kier alpha value is -2.14. The largest absolute Gasteiger partial charge is 0.446 e. The molecule has 0 radical (unpaired) electrons. The smallest absolute Gasteiger partial charge is 0.277 e. The van der Waals surface area contributed by atoms with E-state index in [1.165, 1.54) is 11.8 Å². The van der Waals surface area contributed by atoms with E-state index in [-0.39, 0.29) is 17.6 Å². The Kier molecular flexibility index (Phi) is 4.75. The quantitative estimate of drug-likeness (QED) is 0.882. The summed E-state index contributed by atoms with van der Waals surface area (Å²) in [4.78, 5) is 16.1. The predicted molar refractivity (Wildman–Crippen MR) is 82.2 cm³/mol. The highest BCUT2D eigenvalue weighted by Gasteiger charge is 2.14. The number of carbonyl (C=O) groups is 1. The molecule has 1 heterocycles. The summed E-state index contributed by atoms with van der Waals surface area (Å²) in [6.45, 7) is 6.08. The van der Waals surface area contributed by atoms with Crippen molar-refractivity contribution in [2.24, 2.45) is 5.73 Å². The van der Waals surface area contributed by atoms with Gasteiger partial charge in [-0.25, -0.2) is 4.98 Å². The van der Waals surface area contributed by atoms with Crippen LogP contribution in [0.25, 0.3) is 0 Å². The third-order valence-electron chi connectivity index (χ3n) is 3.49. The molecule has 0 aliphatic carbocycles. The molecule has 3 N–H and O–H groups in total. The van der Waals surface area contributed by atoms with E-state index in [1.807, 2.05) is 24.3 Å². The summed E-state index contributed by atoms with van der Waals surface area (Å²) in [5.74, 6) is 0.563. The monoisotopic (exact) mass is 287 g/mol. The van der Waals surface area contributed by atoms with Gasteiger partial charge >= 0.3 is 0 Å². The normalized spacial score (nSPS) is 13.7. The molecule has 1 aromatic heterocycles. The Morgan fingerprint density at radius 2 is 2.00 bits per heavy atom. The number of oxazole rings is 1. The second-order valence-corrected chi connectivity index (χ2v) is 5.25. The predicted octanol–water partition coefficient (Wildman–Crippen LogP) is 3.46. The molecule has 0 aliphatic heterocycles. The fourth-order valence-electron chi connectivity index (χ4n) is 1.93. The molecule has 5 heteroatoms. The van der Waals surface area contributed by atoms with Crippen molar-refractivity contribution < 1.29 is 9.21 Å². The molecule has 21 heavy (non-hydrogen) atoms. The van der Waals surface area contributed by atoms with Crippen LogP contribution in [0.2, 0.25) is 0 Å². The SMILES string of the molecule is CCC(C)c1ccc(NC(=O)c2coc(C(C)N)n2)cc1. The number of anilines is 1. The first-order valence-electron chi connectivity index (χ1n) is 7.13. The fourth-order valence-corrected chi connectivity index (χ4v) is 1.93. The van der Waals surface area contributed by atoms with Gasteiger partial charge in [0.25, 0.3) is 5.91 Å². The molecule has 5 nitrogen and oxygen atoms in total. The molecule has 2 aromatic rings. The van der Waals surface area contributed by atoms with Gasteiger partial charge in [0.15, 0.2) is 5.69 Å². The van der Waals surface area contributed by atoms with Crippen LogP contribution in [-0.4, -0.2) is 10.9 Å². The summed E-state index contributed by atoms with van der Waals surface area (Å²) >= 11 is 0.